The van der Waals surface area contributed by atoms with Gasteiger partial charge in [0.1, 0.15) is 5.76 Å². The highest BCUT2D eigenvalue weighted by Crippen LogP contribution is 2.30. The molecule has 0 radical (unpaired) electrons. The predicted octanol–water partition coefficient (Wildman–Crippen LogP) is 3.23. The number of benzene rings is 1. The third-order valence-corrected chi connectivity index (χ3v) is 5.22. The fraction of sp³-hybridized carbons (Fsp3) is 0.364. The molecule has 1 aromatic heterocycles. The van der Waals surface area contributed by atoms with Crippen LogP contribution in [0.1, 0.15) is 19.1 Å². The van der Waals surface area contributed by atoms with Crippen molar-refractivity contribution in [3.05, 3.63) is 53.5 Å². The van der Waals surface area contributed by atoms with Gasteiger partial charge in [0, 0.05) is 50.2 Å². The molecule has 1 saturated heterocycles. The topological polar surface area (TPSA) is 77.8 Å². The molecule has 160 valence electrons. The Morgan fingerprint density at radius 2 is 2.00 bits per heavy atom. The van der Waals surface area contributed by atoms with Crippen LogP contribution in [0.4, 0.5) is 11.4 Å². The van der Waals surface area contributed by atoms with Crippen LogP contribution in [0.2, 0.25) is 5.02 Å². The lowest BCUT2D eigenvalue weighted by molar-refractivity contribution is -0.117. The lowest BCUT2D eigenvalue weighted by Gasteiger charge is -2.36. The van der Waals surface area contributed by atoms with Crippen LogP contribution < -0.4 is 15.5 Å². The Morgan fingerprint density at radius 3 is 2.70 bits per heavy atom. The van der Waals surface area contributed by atoms with Gasteiger partial charge in [0.25, 0.3) is 0 Å². The van der Waals surface area contributed by atoms with Crippen molar-refractivity contribution >= 4 is 40.9 Å². The highest BCUT2D eigenvalue weighted by atomic mass is 35.5. The highest BCUT2D eigenvalue weighted by molar-refractivity contribution is 6.31. The molecule has 0 saturated carbocycles. The van der Waals surface area contributed by atoms with Gasteiger partial charge in [-0.05, 0) is 43.0 Å². The SMILES string of the molecule is CCN1CCN(c2ccc(Cl)cc2NC(=O)CCNC(=O)/C=C/c2ccco2)CC1. The average molecular weight is 431 g/mol. The second-order valence-electron chi connectivity index (χ2n) is 7.02. The van der Waals surface area contributed by atoms with Crippen LogP contribution in [0, 0.1) is 0 Å². The summed E-state index contributed by atoms with van der Waals surface area (Å²) in [5.74, 6) is 0.133. The van der Waals surface area contributed by atoms with Crippen LogP contribution in [-0.2, 0) is 9.59 Å². The van der Waals surface area contributed by atoms with Crippen molar-refractivity contribution in [3.8, 4) is 0 Å². The third kappa shape index (κ3) is 6.37. The minimum absolute atomic E-state index is 0.163. The zero-order valence-electron chi connectivity index (χ0n) is 17.1. The van der Waals surface area contributed by atoms with E-state index in [4.69, 9.17) is 16.0 Å². The van der Waals surface area contributed by atoms with Crippen LogP contribution in [-0.4, -0.2) is 56.0 Å². The lowest BCUT2D eigenvalue weighted by atomic mass is 10.2. The van der Waals surface area contributed by atoms with Gasteiger partial charge in [-0.1, -0.05) is 18.5 Å². The summed E-state index contributed by atoms with van der Waals surface area (Å²) < 4.78 is 5.13. The molecule has 1 aromatic carbocycles. The number of furan rings is 1. The first-order chi connectivity index (χ1) is 14.5. The molecule has 0 aliphatic carbocycles. The Morgan fingerprint density at radius 1 is 1.20 bits per heavy atom. The maximum absolute atomic E-state index is 12.4. The summed E-state index contributed by atoms with van der Waals surface area (Å²) in [4.78, 5) is 28.9. The molecule has 0 unspecified atom stereocenters. The normalized spacial score (nSPS) is 14.8. The number of nitrogens with zero attached hydrogens (tertiary/aromatic N) is 2. The van der Waals surface area contributed by atoms with E-state index in [0.717, 1.165) is 38.4 Å². The van der Waals surface area contributed by atoms with Crippen molar-refractivity contribution in [2.75, 3.05) is 49.5 Å². The number of anilines is 2. The smallest absolute Gasteiger partial charge is 0.244 e. The molecule has 0 atom stereocenters. The Hall–Kier alpha value is -2.77. The number of rotatable bonds is 8. The number of piperazine rings is 1. The molecule has 3 rings (SSSR count). The van der Waals surface area contributed by atoms with Gasteiger partial charge in [0.2, 0.25) is 11.8 Å². The summed E-state index contributed by atoms with van der Waals surface area (Å²) >= 11 is 6.16. The van der Waals surface area contributed by atoms with Crippen LogP contribution in [0.3, 0.4) is 0 Å². The number of likely N-dealkylation sites (N-methyl/N-ethyl adjacent to an activating group) is 1. The zero-order chi connectivity index (χ0) is 21.3. The molecule has 2 heterocycles. The standard InChI is InChI=1S/C22H27ClN4O3/c1-2-26-11-13-27(14-12-26)20-7-5-17(23)16-19(20)25-22(29)9-10-24-21(28)8-6-18-4-3-15-30-18/h3-8,15-16H,2,9-14H2,1H3,(H,24,28)(H,25,29)/b8-6+. The number of halogens is 1. The zero-order valence-corrected chi connectivity index (χ0v) is 17.8. The van der Waals surface area contributed by atoms with E-state index in [-0.39, 0.29) is 24.8 Å². The molecule has 30 heavy (non-hydrogen) atoms. The van der Waals surface area contributed by atoms with Crippen molar-refractivity contribution in [2.45, 2.75) is 13.3 Å². The van der Waals surface area contributed by atoms with E-state index in [0.29, 0.717) is 16.5 Å². The molecule has 0 spiro atoms. The first-order valence-electron chi connectivity index (χ1n) is 10.1. The monoisotopic (exact) mass is 430 g/mol. The summed E-state index contributed by atoms with van der Waals surface area (Å²) in [5, 5.41) is 6.20. The van der Waals surface area contributed by atoms with Gasteiger partial charge in [-0.2, -0.15) is 0 Å². The highest BCUT2D eigenvalue weighted by Gasteiger charge is 2.19. The van der Waals surface area contributed by atoms with E-state index < -0.39 is 0 Å². The molecule has 1 aliphatic heterocycles. The van der Waals surface area contributed by atoms with Gasteiger partial charge in [0.05, 0.1) is 17.6 Å². The fourth-order valence-corrected chi connectivity index (χ4v) is 3.48. The molecule has 2 aromatic rings. The number of amides is 2. The summed E-state index contributed by atoms with van der Waals surface area (Å²) in [7, 11) is 0. The summed E-state index contributed by atoms with van der Waals surface area (Å²) in [6.07, 6.45) is 4.65. The van der Waals surface area contributed by atoms with Gasteiger partial charge in [0.15, 0.2) is 0 Å². The summed E-state index contributed by atoms with van der Waals surface area (Å²) in [6.45, 7) is 7.22. The quantitative estimate of drug-likeness (QED) is 0.629. The molecule has 8 heteroatoms. The van der Waals surface area contributed by atoms with Crippen LogP contribution >= 0.6 is 11.6 Å². The molecule has 2 N–H and O–H groups in total. The van der Waals surface area contributed by atoms with Gasteiger partial charge < -0.3 is 24.9 Å². The first kappa shape index (κ1) is 21.9. The summed E-state index contributed by atoms with van der Waals surface area (Å²) in [5.41, 5.74) is 1.66. The lowest BCUT2D eigenvalue weighted by Crippen LogP contribution is -2.46. The molecule has 1 aliphatic rings. The van der Waals surface area contributed by atoms with Gasteiger partial charge >= 0.3 is 0 Å². The number of hydrogen-bond acceptors (Lipinski definition) is 5. The second kappa shape index (κ2) is 10.8. The Labute approximate surface area is 181 Å². The van der Waals surface area contributed by atoms with Gasteiger partial charge in [-0.3, -0.25) is 9.59 Å². The van der Waals surface area contributed by atoms with E-state index in [1.54, 1.807) is 24.3 Å². The number of carbonyl (C=O) groups is 2. The van der Waals surface area contributed by atoms with E-state index in [1.165, 1.54) is 12.3 Å². The van der Waals surface area contributed by atoms with E-state index in [2.05, 4.69) is 27.4 Å². The number of hydrogen-bond donors (Lipinski definition) is 2. The molecule has 1 fully saturated rings. The van der Waals surface area contributed by atoms with E-state index in [1.807, 2.05) is 12.1 Å². The van der Waals surface area contributed by atoms with Crippen molar-refractivity contribution in [2.24, 2.45) is 0 Å². The maximum atomic E-state index is 12.4. The van der Waals surface area contributed by atoms with Crippen molar-refractivity contribution in [1.29, 1.82) is 0 Å². The first-order valence-corrected chi connectivity index (χ1v) is 10.5. The molecular weight excluding hydrogens is 404 g/mol. The van der Waals surface area contributed by atoms with E-state index >= 15 is 0 Å². The largest absolute Gasteiger partial charge is 0.465 e. The molecule has 7 nitrogen and oxygen atoms in total. The van der Waals surface area contributed by atoms with Crippen LogP contribution in [0.25, 0.3) is 6.08 Å². The predicted molar refractivity (Wildman–Crippen MR) is 120 cm³/mol. The Kier molecular flexibility index (Phi) is 7.93. The average Bonchev–Trinajstić information content (AvgIpc) is 3.26. The Bertz CT molecular complexity index is 875. The molecule has 2 amide bonds. The summed E-state index contributed by atoms with van der Waals surface area (Å²) in [6, 6.07) is 9.05. The fourth-order valence-electron chi connectivity index (χ4n) is 3.30. The number of nitrogens with one attached hydrogen (secondary N) is 2. The minimum atomic E-state index is -0.281. The minimum Gasteiger partial charge on any atom is -0.465 e. The van der Waals surface area contributed by atoms with E-state index in [9.17, 15) is 9.59 Å². The van der Waals surface area contributed by atoms with Crippen molar-refractivity contribution < 1.29 is 14.0 Å². The second-order valence-corrected chi connectivity index (χ2v) is 7.46. The molecule has 0 bridgehead atoms. The Balaban J connectivity index is 1.51. The van der Waals surface area contributed by atoms with Crippen molar-refractivity contribution in [1.82, 2.24) is 10.2 Å². The number of carbonyl (C=O) groups excluding carboxylic acids is 2. The molecular formula is C22H27ClN4O3. The van der Waals surface area contributed by atoms with Gasteiger partial charge in [-0.15, -0.1) is 0 Å². The van der Waals surface area contributed by atoms with Crippen LogP contribution in [0.5, 0.6) is 0 Å². The van der Waals surface area contributed by atoms with Gasteiger partial charge in [-0.25, -0.2) is 0 Å². The van der Waals surface area contributed by atoms with Crippen molar-refractivity contribution in [3.63, 3.8) is 0 Å². The van der Waals surface area contributed by atoms with Crippen LogP contribution in [0.15, 0.2) is 47.1 Å². The maximum Gasteiger partial charge on any atom is 0.244 e. The third-order valence-electron chi connectivity index (χ3n) is 4.99.